The molecule has 0 spiro atoms. The third-order valence-corrected chi connectivity index (χ3v) is 7.89. The summed E-state index contributed by atoms with van der Waals surface area (Å²) in [5.41, 5.74) is 3.85. The van der Waals surface area contributed by atoms with Crippen molar-refractivity contribution in [1.29, 1.82) is 0 Å². The molecule has 4 aliphatic carbocycles. The van der Waals surface area contributed by atoms with E-state index in [1.165, 1.54) is 44.9 Å². The van der Waals surface area contributed by atoms with Crippen LogP contribution in [0.1, 0.15) is 86.5 Å². The van der Waals surface area contributed by atoms with Gasteiger partial charge in [-0.3, -0.25) is 0 Å². The average molecular weight is 361 g/mol. The fourth-order valence-corrected chi connectivity index (χ4v) is 6.70. The Bertz CT molecular complexity index is 502. The number of fused-ring (bicyclic) bond motifs is 5. The van der Waals surface area contributed by atoms with Crippen molar-refractivity contribution < 1.29 is 4.74 Å². The molecule has 1 nitrogen and oxygen atoms in total. The van der Waals surface area contributed by atoms with E-state index in [1.807, 2.05) is 34.8 Å². The van der Waals surface area contributed by atoms with Gasteiger partial charge in [-0.25, -0.2) is 0 Å². The van der Waals surface area contributed by atoms with Crippen LogP contribution in [-0.2, 0) is 4.74 Å². The summed E-state index contributed by atoms with van der Waals surface area (Å²) in [5, 5.41) is 0. The molecule has 4 rings (SSSR count). The lowest BCUT2D eigenvalue weighted by Crippen LogP contribution is -2.46. The van der Waals surface area contributed by atoms with Crippen LogP contribution >= 0.6 is 0 Å². The maximum Gasteiger partial charge on any atom is 0.0495 e. The molecule has 0 amide bonds. The Kier molecular flexibility index (Phi) is 8.01. The Morgan fingerprint density at radius 3 is 2.46 bits per heavy atom. The van der Waals surface area contributed by atoms with E-state index < -0.39 is 0 Å². The molecule has 0 aromatic heterocycles. The monoisotopic (exact) mass is 360 g/mol. The van der Waals surface area contributed by atoms with Crippen LogP contribution in [0.2, 0.25) is 0 Å². The second kappa shape index (κ2) is 9.58. The molecule has 0 heterocycles. The Morgan fingerprint density at radius 1 is 1.04 bits per heavy atom. The molecular formula is C25H44O. The largest absolute Gasteiger partial charge is 0.384 e. The molecule has 26 heavy (non-hydrogen) atoms. The molecule has 1 heteroatoms. The van der Waals surface area contributed by atoms with Gasteiger partial charge in [-0.2, -0.15) is 0 Å². The van der Waals surface area contributed by atoms with Crippen LogP contribution in [0.15, 0.2) is 23.3 Å². The second-order valence-corrected chi connectivity index (χ2v) is 8.78. The van der Waals surface area contributed by atoms with E-state index in [2.05, 4.69) is 26.0 Å². The lowest BCUT2D eigenvalue weighted by molar-refractivity contribution is -0.0267. The number of ether oxygens (including phenoxy) is 1. The lowest BCUT2D eigenvalue weighted by Gasteiger charge is -2.53. The second-order valence-electron chi connectivity index (χ2n) is 8.78. The molecule has 2 fully saturated rings. The zero-order chi connectivity index (χ0) is 19.3. The first-order chi connectivity index (χ1) is 12.6. The highest BCUT2D eigenvalue weighted by molar-refractivity contribution is 5.32. The van der Waals surface area contributed by atoms with Crippen LogP contribution in [0.4, 0.5) is 0 Å². The van der Waals surface area contributed by atoms with E-state index in [0.29, 0.717) is 5.41 Å². The number of methoxy groups -OCH3 is 1. The van der Waals surface area contributed by atoms with E-state index in [0.717, 1.165) is 36.2 Å². The van der Waals surface area contributed by atoms with Crippen LogP contribution in [0.3, 0.4) is 0 Å². The summed E-state index contributed by atoms with van der Waals surface area (Å²) < 4.78 is 5.55. The van der Waals surface area contributed by atoms with Gasteiger partial charge in [0.05, 0.1) is 0 Å². The first-order valence-electron chi connectivity index (χ1n) is 11.5. The van der Waals surface area contributed by atoms with Crippen molar-refractivity contribution in [3.05, 3.63) is 23.3 Å². The maximum absolute atomic E-state index is 5.55. The Balaban J connectivity index is 0.000000570. The first kappa shape index (κ1) is 21.7. The maximum atomic E-state index is 5.55. The molecule has 2 saturated carbocycles. The normalized spacial score (nSPS) is 40.3. The smallest absolute Gasteiger partial charge is 0.0495 e. The average Bonchev–Trinajstić information content (AvgIpc) is 3.01. The molecule has 0 aromatic carbocycles. The topological polar surface area (TPSA) is 9.23 Å². The summed E-state index contributed by atoms with van der Waals surface area (Å²) in [6.45, 7) is 13.9. The minimum Gasteiger partial charge on any atom is -0.384 e. The number of rotatable bonds is 2. The molecule has 0 aliphatic heterocycles. The van der Waals surface area contributed by atoms with E-state index in [-0.39, 0.29) is 0 Å². The van der Waals surface area contributed by atoms with Crippen LogP contribution < -0.4 is 0 Å². The highest BCUT2D eigenvalue weighted by atomic mass is 16.5. The molecule has 0 bridgehead atoms. The number of hydrogen-bond donors (Lipinski definition) is 0. The highest BCUT2D eigenvalue weighted by Crippen LogP contribution is 2.63. The van der Waals surface area contributed by atoms with Crippen LogP contribution in [0.5, 0.6) is 0 Å². The van der Waals surface area contributed by atoms with Crippen LogP contribution in [0, 0.1) is 35.0 Å². The summed E-state index contributed by atoms with van der Waals surface area (Å²) >= 11 is 0. The van der Waals surface area contributed by atoms with Crippen LogP contribution in [-0.4, -0.2) is 13.7 Å². The van der Waals surface area contributed by atoms with E-state index in [4.69, 9.17) is 4.74 Å². The summed E-state index contributed by atoms with van der Waals surface area (Å²) in [6.07, 6.45) is 15.0. The van der Waals surface area contributed by atoms with Gasteiger partial charge < -0.3 is 4.74 Å². The first-order valence-corrected chi connectivity index (χ1v) is 11.5. The lowest BCUT2D eigenvalue weighted by atomic mass is 9.52. The molecule has 0 radical (unpaired) electrons. The van der Waals surface area contributed by atoms with Crippen molar-refractivity contribution in [1.82, 2.24) is 0 Å². The fraction of sp³-hybridized carbons (Fsp3) is 0.840. The fourth-order valence-electron chi connectivity index (χ4n) is 6.70. The van der Waals surface area contributed by atoms with Gasteiger partial charge >= 0.3 is 0 Å². The predicted octanol–water partition coefficient (Wildman–Crippen LogP) is 7.43. The SMILES string of the molecule is CC.CC.COCC1CCC2C3CC=C4C=C(C)CCC4C3CCC12C. The zero-order valence-corrected chi connectivity index (χ0v) is 18.6. The van der Waals surface area contributed by atoms with Gasteiger partial charge in [-0.05, 0) is 92.4 Å². The summed E-state index contributed by atoms with van der Waals surface area (Å²) in [5.74, 6) is 4.58. The predicted molar refractivity (Wildman–Crippen MR) is 114 cm³/mol. The van der Waals surface area contributed by atoms with Gasteiger partial charge in [0.25, 0.3) is 0 Å². The van der Waals surface area contributed by atoms with Gasteiger partial charge in [0.15, 0.2) is 0 Å². The minimum atomic E-state index is 0.558. The Hall–Kier alpha value is -0.560. The van der Waals surface area contributed by atoms with Gasteiger partial charge in [-0.15, -0.1) is 0 Å². The third-order valence-electron chi connectivity index (χ3n) is 7.89. The minimum absolute atomic E-state index is 0.558. The van der Waals surface area contributed by atoms with Gasteiger partial charge in [-0.1, -0.05) is 52.3 Å². The highest BCUT2D eigenvalue weighted by Gasteiger charge is 2.55. The Labute approximate surface area is 163 Å². The van der Waals surface area contributed by atoms with Gasteiger partial charge in [0, 0.05) is 13.7 Å². The quantitative estimate of drug-likeness (QED) is 0.497. The molecule has 150 valence electrons. The van der Waals surface area contributed by atoms with E-state index in [1.54, 1.807) is 11.1 Å². The van der Waals surface area contributed by atoms with Gasteiger partial charge in [0.2, 0.25) is 0 Å². The standard InChI is InChI=1S/C21H32O.2C2H6/c1-14-4-7-17-15(12-14)5-8-19-18(17)10-11-21(2)16(13-22-3)6-9-20(19)21;2*1-2/h5,12,16-20H,4,6-11,13H2,1-3H3;2*1-2H3. The summed E-state index contributed by atoms with van der Waals surface area (Å²) in [7, 11) is 1.88. The van der Waals surface area contributed by atoms with Crippen molar-refractivity contribution in [2.24, 2.45) is 35.0 Å². The van der Waals surface area contributed by atoms with Crippen molar-refractivity contribution in [2.45, 2.75) is 86.5 Å². The molecule has 0 saturated heterocycles. The van der Waals surface area contributed by atoms with Crippen molar-refractivity contribution in [3.63, 3.8) is 0 Å². The molecular weight excluding hydrogens is 316 g/mol. The van der Waals surface area contributed by atoms with E-state index >= 15 is 0 Å². The number of allylic oxidation sites excluding steroid dienone is 4. The van der Waals surface area contributed by atoms with Crippen molar-refractivity contribution >= 4 is 0 Å². The molecule has 6 unspecified atom stereocenters. The van der Waals surface area contributed by atoms with Crippen LogP contribution in [0.25, 0.3) is 0 Å². The third kappa shape index (κ3) is 3.84. The molecule has 0 N–H and O–H groups in total. The van der Waals surface area contributed by atoms with E-state index in [9.17, 15) is 0 Å². The summed E-state index contributed by atoms with van der Waals surface area (Å²) in [4.78, 5) is 0. The molecule has 4 aliphatic rings. The Morgan fingerprint density at radius 2 is 1.77 bits per heavy atom. The van der Waals surface area contributed by atoms with Crippen molar-refractivity contribution in [3.8, 4) is 0 Å². The molecule has 0 aromatic rings. The molecule has 6 atom stereocenters. The summed E-state index contributed by atoms with van der Waals surface area (Å²) in [6, 6.07) is 0. The number of hydrogen-bond acceptors (Lipinski definition) is 1. The van der Waals surface area contributed by atoms with Gasteiger partial charge in [0.1, 0.15) is 0 Å². The van der Waals surface area contributed by atoms with Crippen molar-refractivity contribution in [2.75, 3.05) is 13.7 Å². The zero-order valence-electron chi connectivity index (χ0n) is 18.6.